The Bertz CT molecular complexity index is 1930. The van der Waals surface area contributed by atoms with Gasteiger partial charge in [0.2, 0.25) is 5.43 Å². The maximum atomic E-state index is 13.5. The summed E-state index contributed by atoms with van der Waals surface area (Å²) in [5, 5.41) is 15.7. The third-order valence-electron chi connectivity index (χ3n) is 6.95. The van der Waals surface area contributed by atoms with Crippen LogP contribution >= 0.6 is 19.2 Å². The predicted molar refractivity (Wildman–Crippen MR) is 173 cm³/mol. The van der Waals surface area contributed by atoms with Crippen LogP contribution in [0.1, 0.15) is 56.2 Å². The van der Waals surface area contributed by atoms with Gasteiger partial charge in [-0.05, 0) is 43.0 Å². The number of hydrogen-bond acceptors (Lipinski definition) is 9. The molecule has 4 N–H and O–H groups in total. The minimum absolute atomic E-state index is 0.0177. The van der Waals surface area contributed by atoms with Crippen molar-refractivity contribution in [2.24, 2.45) is 5.92 Å². The fraction of sp³-hybridized carbons (Fsp3) is 0.367. The van der Waals surface area contributed by atoms with Crippen LogP contribution in [0.3, 0.4) is 0 Å². The van der Waals surface area contributed by atoms with E-state index in [0.717, 1.165) is 11.6 Å². The minimum Gasteiger partial charge on any atom is -0.477 e. The second-order valence-corrected chi connectivity index (χ2v) is 13.3. The molecule has 2 atom stereocenters. The molecule has 0 aliphatic heterocycles. The molecule has 258 valence electrons. The lowest BCUT2D eigenvalue weighted by atomic mass is 9.99. The van der Waals surface area contributed by atoms with Crippen molar-refractivity contribution in [3.63, 3.8) is 0 Å². The summed E-state index contributed by atoms with van der Waals surface area (Å²) in [4.78, 5) is 55.9. The average Bonchev–Trinajstić information content (AvgIpc) is 3.52. The highest BCUT2D eigenvalue weighted by Gasteiger charge is 2.34. The molecule has 4 rings (SSSR count). The Hall–Kier alpha value is -4.15. The summed E-state index contributed by atoms with van der Waals surface area (Å²) in [7, 11) is -4.45. The number of phosphoric acid groups is 1. The SMILES string of the molecule is CCNC(=O)Nc1cc(-c2nc(C(F)(F)F)cs2)c(-c2ccc3c(c2)c(=O)c(C(=O)O)cn3C(CC)COP(=O)(O)OCC(C)C)cn1. The Morgan fingerprint density at radius 3 is 2.44 bits per heavy atom. The van der Waals surface area contributed by atoms with Gasteiger partial charge in [0.25, 0.3) is 0 Å². The van der Waals surface area contributed by atoms with Crippen molar-refractivity contribution >= 4 is 47.9 Å². The molecule has 0 saturated carbocycles. The number of anilines is 1. The molecule has 4 aromatic rings. The number of halogens is 3. The van der Waals surface area contributed by atoms with E-state index in [1.807, 2.05) is 0 Å². The zero-order valence-corrected chi connectivity index (χ0v) is 27.9. The standard InChI is InChI=1S/C30H33F3N5O8PS/c1-5-18(14-46-47(43,44)45-13-16(3)4)38-12-22(28(40)41)26(39)20-9-17(7-8-23(20)38)21-11-35-25(37-29(42)34-6-2)10-19(21)27-36-24(15-48-27)30(31,32)33/h7-12,15-16,18H,5-6,13-14H2,1-4H3,(H,40,41)(H,43,44)(H2,34,35,37,42). The Labute approximate surface area is 276 Å². The number of carboxylic acids is 1. The van der Waals surface area contributed by atoms with Gasteiger partial charge in [0.1, 0.15) is 16.4 Å². The van der Waals surface area contributed by atoms with Gasteiger partial charge in [-0.1, -0.05) is 26.8 Å². The highest BCUT2D eigenvalue weighted by molar-refractivity contribution is 7.47. The van der Waals surface area contributed by atoms with E-state index in [1.54, 1.807) is 33.8 Å². The van der Waals surface area contributed by atoms with Crippen molar-refractivity contribution in [1.29, 1.82) is 0 Å². The van der Waals surface area contributed by atoms with Gasteiger partial charge in [-0.25, -0.2) is 24.1 Å². The molecule has 0 bridgehead atoms. The number of hydrogen-bond donors (Lipinski definition) is 4. The highest BCUT2D eigenvalue weighted by atomic mass is 32.1. The van der Waals surface area contributed by atoms with Crippen LogP contribution in [0.25, 0.3) is 32.6 Å². The van der Waals surface area contributed by atoms with Gasteiger partial charge >= 0.3 is 26.0 Å². The number of urea groups is 1. The lowest BCUT2D eigenvalue weighted by Gasteiger charge is -2.23. The lowest BCUT2D eigenvalue weighted by Crippen LogP contribution is -2.28. The van der Waals surface area contributed by atoms with Crippen molar-refractivity contribution in [1.82, 2.24) is 19.9 Å². The summed E-state index contributed by atoms with van der Waals surface area (Å²) in [6, 6.07) is 4.50. The van der Waals surface area contributed by atoms with Crippen molar-refractivity contribution in [3.05, 3.63) is 63.5 Å². The van der Waals surface area contributed by atoms with Gasteiger partial charge in [-0.15, -0.1) is 11.3 Å². The number of aromatic carboxylic acids is 1. The van der Waals surface area contributed by atoms with E-state index in [0.29, 0.717) is 24.3 Å². The number of phosphoric ester groups is 1. The predicted octanol–water partition coefficient (Wildman–Crippen LogP) is 6.79. The maximum Gasteiger partial charge on any atom is 0.472 e. The van der Waals surface area contributed by atoms with Gasteiger partial charge in [0.05, 0.1) is 24.8 Å². The summed E-state index contributed by atoms with van der Waals surface area (Å²) in [6.07, 6.45) is -1.99. The smallest absolute Gasteiger partial charge is 0.472 e. The first kappa shape index (κ1) is 36.7. The van der Waals surface area contributed by atoms with Crippen LogP contribution in [0, 0.1) is 5.92 Å². The van der Waals surface area contributed by atoms with Crippen LogP contribution in [0.4, 0.5) is 23.8 Å². The molecule has 0 aliphatic carbocycles. The van der Waals surface area contributed by atoms with Gasteiger partial charge in [0.15, 0.2) is 5.69 Å². The van der Waals surface area contributed by atoms with Crippen molar-refractivity contribution in [2.45, 2.75) is 46.3 Å². The molecular weight excluding hydrogens is 678 g/mol. The normalized spacial score (nSPS) is 13.8. The minimum atomic E-state index is -4.71. The number of thiazole rings is 1. The number of alkyl halides is 3. The molecule has 0 radical (unpaired) electrons. The number of pyridine rings is 2. The number of carboxylic acid groups (broad SMARTS) is 1. The second-order valence-electron chi connectivity index (χ2n) is 11.0. The van der Waals surface area contributed by atoms with E-state index in [-0.39, 0.29) is 57.6 Å². The first-order valence-electron chi connectivity index (χ1n) is 14.7. The fourth-order valence-corrected chi connectivity index (χ4v) is 6.39. The van der Waals surface area contributed by atoms with E-state index in [1.165, 1.54) is 29.0 Å². The summed E-state index contributed by atoms with van der Waals surface area (Å²) in [6.45, 7) is 6.92. The van der Waals surface area contributed by atoms with Gasteiger partial charge < -0.3 is 19.9 Å². The van der Waals surface area contributed by atoms with Crippen LogP contribution in [0.5, 0.6) is 0 Å². The number of aromatic nitrogens is 3. The largest absolute Gasteiger partial charge is 0.477 e. The molecule has 2 amide bonds. The van der Waals surface area contributed by atoms with Crippen LogP contribution in [0.2, 0.25) is 0 Å². The summed E-state index contributed by atoms with van der Waals surface area (Å²) < 4.78 is 64.5. The van der Waals surface area contributed by atoms with Crippen LogP contribution in [0.15, 0.2) is 46.8 Å². The number of nitrogens with zero attached hydrogens (tertiary/aromatic N) is 3. The summed E-state index contributed by atoms with van der Waals surface area (Å²) >= 11 is 0.713. The number of rotatable bonds is 13. The van der Waals surface area contributed by atoms with E-state index in [2.05, 4.69) is 20.6 Å². The molecule has 0 spiro atoms. The van der Waals surface area contributed by atoms with Gasteiger partial charge in [0, 0.05) is 40.8 Å². The number of carbonyl (C=O) groups is 2. The molecule has 3 aromatic heterocycles. The number of amides is 2. The number of benzene rings is 1. The van der Waals surface area contributed by atoms with E-state index in [4.69, 9.17) is 9.05 Å². The first-order valence-corrected chi connectivity index (χ1v) is 17.0. The Morgan fingerprint density at radius 2 is 1.83 bits per heavy atom. The highest BCUT2D eigenvalue weighted by Crippen LogP contribution is 2.45. The molecule has 1 aromatic carbocycles. The van der Waals surface area contributed by atoms with Crippen LogP contribution in [-0.4, -0.2) is 56.3 Å². The van der Waals surface area contributed by atoms with Crippen LogP contribution in [-0.2, 0) is 19.8 Å². The number of carbonyl (C=O) groups excluding carboxylic acids is 1. The number of fused-ring (bicyclic) bond motifs is 1. The molecule has 0 fully saturated rings. The lowest BCUT2D eigenvalue weighted by molar-refractivity contribution is -0.140. The monoisotopic (exact) mass is 711 g/mol. The zero-order valence-electron chi connectivity index (χ0n) is 26.2. The van der Waals surface area contributed by atoms with Crippen molar-refractivity contribution in [2.75, 3.05) is 25.1 Å². The third-order valence-corrected chi connectivity index (χ3v) is 8.77. The summed E-state index contributed by atoms with van der Waals surface area (Å²) in [5.41, 5.74) is -1.59. The maximum absolute atomic E-state index is 13.5. The topological polar surface area (TPSA) is 182 Å². The molecule has 2 unspecified atom stereocenters. The Morgan fingerprint density at radius 1 is 1.12 bits per heavy atom. The quantitative estimate of drug-likeness (QED) is 0.108. The van der Waals surface area contributed by atoms with Gasteiger partial charge in [-0.2, -0.15) is 13.2 Å². The molecule has 48 heavy (non-hydrogen) atoms. The molecule has 0 aliphatic rings. The second kappa shape index (κ2) is 15.0. The van der Waals surface area contributed by atoms with E-state index >= 15 is 0 Å². The van der Waals surface area contributed by atoms with Crippen LogP contribution < -0.4 is 16.1 Å². The molecule has 0 saturated heterocycles. The number of nitrogens with one attached hydrogen (secondary N) is 2. The van der Waals surface area contributed by atoms with Crippen molar-refractivity contribution in [3.8, 4) is 21.7 Å². The van der Waals surface area contributed by atoms with Gasteiger partial charge in [-0.3, -0.25) is 19.2 Å². The fourth-order valence-electron chi connectivity index (χ4n) is 4.61. The summed E-state index contributed by atoms with van der Waals surface area (Å²) in [5.74, 6) is -1.54. The molecule has 18 heteroatoms. The van der Waals surface area contributed by atoms with Crippen molar-refractivity contribution < 1.29 is 46.4 Å². The third kappa shape index (κ3) is 8.65. The Kier molecular flexibility index (Phi) is 11.4. The zero-order chi connectivity index (χ0) is 35.4. The average molecular weight is 712 g/mol. The molecular formula is C30H33F3N5O8PS. The first-order chi connectivity index (χ1) is 22.5. The molecule has 3 heterocycles. The molecule has 13 nitrogen and oxygen atoms in total. The Balaban J connectivity index is 1.85. The van der Waals surface area contributed by atoms with E-state index < -0.39 is 48.7 Å². The van der Waals surface area contributed by atoms with E-state index in [9.17, 15) is 42.1 Å².